The number of likely N-dealkylation sites (N-methyl/N-ethyl adjacent to an activating group) is 1. The van der Waals surface area contributed by atoms with Crippen LogP contribution in [0.4, 0.5) is 0 Å². The molecule has 0 bridgehead atoms. The van der Waals surface area contributed by atoms with E-state index < -0.39 is 16.1 Å². The quantitative estimate of drug-likeness (QED) is 0.937. The number of nitrogens with zero attached hydrogens (tertiary/aromatic N) is 2. The molecule has 120 valence electrons. The highest BCUT2D eigenvalue weighted by atomic mass is 32.2. The molecule has 1 heterocycles. The first-order chi connectivity index (χ1) is 10.2. The minimum Gasteiger partial charge on any atom is -0.395 e. The van der Waals surface area contributed by atoms with Gasteiger partial charge in [0.05, 0.1) is 18.2 Å². The minimum atomic E-state index is -3.75. The van der Waals surface area contributed by atoms with Crippen LogP contribution in [0.2, 0.25) is 0 Å². The number of aromatic nitrogens is 1. The van der Waals surface area contributed by atoms with Crippen molar-refractivity contribution in [1.82, 2.24) is 9.29 Å². The number of pyridine rings is 1. The number of sulfonamides is 1. The summed E-state index contributed by atoms with van der Waals surface area (Å²) < 4.78 is 27.2. The lowest BCUT2D eigenvalue weighted by atomic mass is 9.87. The summed E-state index contributed by atoms with van der Waals surface area (Å²) >= 11 is 0. The Morgan fingerprint density at radius 1 is 1.23 bits per heavy atom. The maximum Gasteiger partial charge on any atom is 0.245 e. The molecule has 1 unspecified atom stereocenters. The Balaban J connectivity index is 2.58. The topological polar surface area (TPSA) is 70.5 Å². The third kappa shape index (κ3) is 2.99. The number of para-hydroxylation sites is 1. The predicted octanol–water partition coefficient (Wildman–Crippen LogP) is 2.26. The van der Waals surface area contributed by atoms with E-state index in [9.17, 15) is 13.5 Å². The summed E-state index contributed by atoms with van der Waals surface area (Å²) in [4.78, 5) is 4.37. The summed E-state index contributed by atoms with van der Waals surface area (Å²) in [5.74, 6) is 0. The highest BCUT2D eigenvalue weighted by Gasteiger charge is 2.36. The van der Waals surface area contributed by atoms with Gasteiger partial charge >= 0.3 is 0 Å². The summed E-state index contributed by atoms with van der Waals surface area (Å²) in [6, 6.07) is 8.17. The van der Waals surface area contributed by atoms with Crippen LogP contribution in [-0.4, -0.2) is 42.5 Å². The molecule has 2 aromatic rings. The fraction of sp³-hybridized carbons (Fsp3) is 0.438. The van der Waals surface area contributed by atoms with Gasteiger partial charge in [-0.2, -0.15) is 4.31 Å². The van der Waals surface area contributed by atoms with E-state index in [1.54, 1.807) is 24.4 Å². The molecule has 1 aromatic carbocycles. The van der Waals surface area contributed by atoms with Crippen molar-refractivity contribution in [1.29, 1.82) is 0 Å². The molecule has 0 aliphatic heterocycles. The largest absolute Gasteiger partial charge is 0.395 e. The van der Waals surface area contributed by atoms with Crippen molar-refractivity contribution in [3.63, 3.8) is 0 Å². The van der Waals surface area contributed by atoms with Crippen molar-refractivity contribution >= 4 is 20.9 Å². The molecular formula is C16H22N2O3S. The zero-order chi connectivity index (χ0) is 16.5. The summed E-state index contributed by atoms with van der Waals surface area (Å²) in [5.41, 5.74) is 0.0663. The zero-order valence-corrected chi connectivity index (χ0v) is 14.1. The van der Waals surface area contributed by atoms with Crippen LogP contribution < -0.4 is 0 Å². The van der Waals surface area contributed by atoms with Gasteiger partial charge in [-0.15, -0.1) is 0 Å². The van der Waals surface area contributed by atoms with E-state index in [1.165, 1.54) is 11.4 Å². The molecule has 0 saturated heterocycles. The van der Waals surface area contributed by atoms with Gasteiger partial charge in [-0.1, -0.05) is 39.0 Å². The first-order valence-corrected chi connectivity index (χ1v) is 8.56. The molecule has 5 nitrogen and oxygen atoms in total. The van der Waals surface area contributed by atoms with Crippen molar-refractivity contribution in [3.8, 4) is 0 Å². The second kappa shape index (κ2) is 5.95. The van der Waals surface area contributed by atoms with Crippen molar-refractivity contribution in [2.24, 2.45) is 5.41 Å². The van der Waals surface area contributed by atoms with Gasteiger partial charge in [-0.05, 0) is 17.5 Å². The van der Waals surface area contributed by atoms with Gasteiger partial charge in [0.15, 0.2) is 0 Å². The Morgan fingerprint density at radius 2 is 1.86 bits per heavy atom. The maximum atomic E-state index is 13.0. The second-order valence-corrected chi connectivity index (χ2v) is 8.38. The summed E-state index contributed by atoms with van der Waals surface area (Å²) in [6.45, 7) is 5.47. The van der Waals surface area contributed by atoms with Crippen LogP contribution in [0.1, 0.15) is 20.8 Å². The van der Waals surface area contributed by atoms with E-state index in [2.05, 4.69) is 4.98 Å². The van der Waals surface area contributed by atoms with Gasteiger partial charge < -0.3 is 5.11 Å². The highest BCUT2D eigenvalue weighted by Crippen LogP contribution is 2.30. The molecule has 0 aliphatic carbocycles. The Labute approximate surface area is 131 Å². The predicted molar refractivity (Wildman–Crippen MR) is 87.0 cm³/mol. The first kappa shape index (κ1) is 16.9. The number of aliphatic hydroxyl groups excluding tert-OH is 1. The average Bonchev–Trinajstić information content (AvgIpc) is 2.45. The standard InChI is InChI=1S/C16H22N2O3S/c1-16(2,3)14(11-19)18(4)22(20,21)13-9-5-7-12-8-6-10-17-15(12)13/h5-10,14,19H,11H2,1-4H3. The Morgan fingerprint density at radius 3 is 2.45 bits per heavy atom. The number of hydrogen-bond donors (Lipinski definition) is 1. The van der Waals surface area contributed by atoms with Crippen molar-refractivity contribution in [3.05, 3.63) is 36.5 Å². The molecule has 0 saturated carbocycles. The lowest BCUT2D eigenvalue weighted by molar-refractivity contribution is 0.115. The van der Waals surface area contributed by atoms with Crippen LogP contribution in [0, 0.1) is 5.41 Å². The van der Waals surface area contributed by atoms with Gasteiger partial charge in [0.2, 0.25) is 10.0 Å². The van der Waals surface area contributed by atoms with Gasteiger partial charge in [-0.3, -0.25) is 4.98 Å². The van der Waals surface area contributed by atoms with Gasteiger partial charge in [0, 0.05) is 18.6 Å². The number of aliphatic hydroxyl groups is 1. The second-order valence-electron chi connectivity index (χ2n) is 6.42. The average molecular weight is 322 g/mol. The zero-order valence-electron chi connectivity index (χ0n) is 13.3. The molecule has 0 spiro atoms. The molecule has 1 N–H and O–H groups in total. The van der Waals surface area contributed by atoms with Crippen LogP contribution in [0.15, 0.2) is 41.4 Å². The van der Waals surface area contributed by atoms with Crippen molar-refractivity contribution < 1.29 is 13.5 Å². The minimum absolute atomic E-state index is 0.163. The lowest BCUT2D eigenvalue weighted by Crippen LogP contribution is -2.47. The molecule has 22 heavy (non-hydrogen) atoms. The third-order valence-corrected chi connectivity index (χ3v) is 5.76. The first-order valence-electron chi connectivity index (χ1n) is 7.12. The van der Waals surface area contributed by atoms with Crippen molar-refractivity contribution in [2.75, 3.05) is 13.7 Å². The van der Waals surface area contributed by atoms with Crippen LogP contribution in [0.3, 0.4) is 0 Å². The fourth-order valence-corrected chi connectivity index (χ4v) is 4.23. The molecule has 0 radical (unpaired) electrons. The van der Waals surface area contributed by atoms with Gasteiger partial charge in [0.1, 0.15) is 4.90 Å². The normalized spacial score (nSPS) is 14.5. The molecule has 1 aromatic heterocycles. The Kier molecular flexibility index (Phi) is 4.56. The number of rotatable bonds is 4. The molecular weight excluding hydrogens is 300 g/mol. The fourth-order valence-electron chi connectivity index (χ4n) is 2.54. The van der Waals surface area contributed by atoms with Crippen LogP contribution >= 0.6 is 0 Å². The summed E-state index contributed by atoms with van der Waals surface area (Å²) in [6.07, 6.45) is 1.58. The number of benzene rings is 1. The van der Waals surface area contributed by atoms with E-state index in [4.69, 9.17) is 0 Å². The van der Waals surface area contributed by atoms with Crippen LogP contribution in [0.5, 0.6) is 0 Å². The number of hydrogen-bond acceptors (Lipinski definition) is 4. The molecule has 0 aliphatic rings. The van der Waals surface area contributed by atoms with Gasteiger partial charge in [-0.25, -0.2) is 8.42 Å². The van der Waals surface area contributed by atoms with E-state index in [-0.39, 0.29) is 16.9 Å². The van der Waals surface area contributed by atoms with E-state index in [0.717, 1.165) is 5.39 Å². The van der Waals surface area contributed by atoms with Crippen LogP contribution in [-0.2, 0) is 10.0 Å². The van der Waals surface area contributed by atoms with E-state index in [0.29, 0.717) is 5.52 Å². The highest BCUT2D eigenvalue weighted by molar-refractivity contribution is 7.89. The Bertz CT molecular complexity index is 761. The third-order valence-electron chi connectivity index (χ3n) is 3.86. The smallest absolute Gasteiger partial charge is 0.245 e. The molecule has 6 heteroatoms. The van der Waals surface area contributed by atoms with Crippen molar-refractivity contribution in [2.45, 2.75) is 31.7 Å². The monoisotopic (exact) mass is 322 g/mol. The Hall–Kier alpha value is -1.50. The maximum absolute atomic E-state index is 13.0. The SMILES string of the molecule is CN(C(CO)C(C)(C)C)S(=O)(=O)c1cccc2cccnc12. The van der Waals surface area contributed by atoms with E-state index in [1.807, 2.05) is 32.9 Å². The lowest BCUT2D eigenvalue weighted by Gasteiger charge is -2.36. The molecule has 0 fully saturated rings. The molecule has 1 atom stereocenters. The summed E-state index contributed by atoms with van der Waals surface area (Å²) in [5, 5.41) is 10.4. The number of fused-ring (bicyclic) bond motifs is 1. The molecule has 2 rings (SSSR count). The summed E-state index contributed by atoms with van der Waals surface area (Å²) in [7, 11) is -2.25. The van der Waals surface area contributed by atoms with Crippen LogP contribution in [0.25, 0.3) is 10.9 Å². The van der Waals surface area contributed by atoms with E-state index >= 15 is 0 Å². The molecule has 0 amide bonds. The van der Waals surface area contributed by atoms with Gasteiger partial charge in [0.25, 0.3) is 0 Å².